The monoisotopic (exact) mass is 391 g/mol. The Labute approximate surface area is 149 Å². The number of carbonyl (C=O) groups excluding carboxylic acids is 2. The number of hydrogen-bond acceptors (Lipinski definition) is 4. The molecule has 0 radical (unpaired) electrons. The number of alkyl halides is 1. The molecule has 1 N–H and O–H groups in total. The molecule has 126 valence electrons. The quantitative estimate of drug-likeness (QED) is 0.579. The number of carbonyl (C=O) groups is 2. The van der Waals surface area contributed by atoms with E-state index in [1.165, 1.54) is 0 Å². The van der Waals surface area contributed by atoms with E-state index in [9.17, 15) is 9.59 Å². The number of nitrogens with one attached hydrogen (secondary N) is 1. The molecular formula is C18H18BrNO4. The van der Waals surface area contributed by atoms with Gasteiger partial charge in [0.15, 0.2) is 0 Å². The summed E-state index contributed by atoms with van der Waals surface area (Å²) >= 11 is 3.20. The lowest BCUT2D eigenvalue weighted by molar-refractivity contribution is -0.146. The summed E-state index contributed by atoms with van der Waals surface area (Å²) in [6, 6.07) is 17.8. The normalized spacial score (nSPS) is 11.4. The molecule has 0 aromatic heterocycles. The van der Waals surface area contributed by atoms with Crippen LogP contribution in [0.1, 0.15) is 11.1 Å². The number of benzene rings is 2. The molecule has 24 heavy (non-hydrogen) atoms. The maximum atomic E-state index is 12.0. The molecule has 1 amide bonds. The first-order valence-electron chi connectivity index (χ1n) is 7.43. The lowest BCUT2D eigenvalue weighted by Crippen LogP contribution is -2.43. The number of amides is 1. The van der Waals surface area contributed by atoms with Crippen molar-refractivity contribution in [3.8, 4) is 0 Å². The Kier molecular flexibility index (Phi) is 7.29. The van der Waals surface area contributed by atoms with E-state index >= 15 is 0 Å². The predicted octanol–water partition coefficient (Wildman–Crippen LogP) is 3.42. The molecule has 6 heteroatoms. The highest BCUT2D eigenvalue weighted by molar-refractivity contribution is 9.09. The predicted molar refractivity (Wildman–Crippen MR) is 93.6 cm³/mol. The van der Waals surface area contributed by atoms with Crippen molar-refractivity contribution < 1.29 is 19.1 Å². The second kappa shape index (κ2) is 9.72. The molecule has 1 atom stereocenters. The first-order chi connectivity index (χ1) is 11.7. The molecule has 0 aliphatic heterocycles. The van der Waals surface area contributed by atoms with E-state index in [1.807, 2.05) is 60.7 Å². The average molecular weight is 392 g/mol. The van der Waals surface area contributed by atoms with Crippen LogP contribution in [0.25, 0.3) is 0 Å². The average Bonchev–Trinajstić information content (AvgIpc) is 2.64. The lowest BCUT2D eigenvalue weighted by atomic mass is 10.2. The summed E-state index contributed by atoms with van der Waals surface area (Å²) < 4.78 is 10.3. The molecule has 1 unspecified atom stereocenters. The molecule has 0 saturated carbocycles. The molecule has 0 aliphatic rings. The molecule has 0 fully saturated rings. The summed E-state index contributed by atoms with van der Waals surface area (Å²) in [5.74, 6) is -0.521. The van der Waals surface area contributed by atoms with Gasteiger partial charge in [-0.25, -0.2) is 9.59 Å². The maximum Gasteiger partial charge on any atom is 0.408 e. The van der Waals surface area contributed by atoms with Crippen LogP contribution in [-0.2, 0) is 27.5 Å². The number of esters is 1. The fourth-order valence-corrected chi connectivity index (χ4v) is 2.32. The summed E-state index contributed by atoms with van der Waals surface area (Å²) in [4.78, 5) is 23.8. The smallest absolute Gasteiger partial charge is 0.408 e. The highest BCUT2D eigenvalue weighted by Crippen LogP contribution is 2.04. The molecule has 0 aliphatic carbocycles. The summed E-state index contributed by atoms with van der Waals surface area (Å²) in [6.45, 7) is 0.296. The van der Waals surface area contributed by atoms with Gasteiger partial charge in [0.1, 0.15) is 19.3 Å². The molecule has 2 aromatic rings. The van der Waals surface area contributed by atoms with Gasteiger partial charge >= 0.3 is 12.1 Å². The van der Waals surface area contributed by atoms with Gasteiger partial charge in [0.2, 0.25) is 0 Å². The third kappa shape index (κ3) is 6.04. The van der Waals surface area contributed by atoms with Gasteiger partial charge in [-0.05, 0) is 11.1 Å². The third-order valence-electron chi connectivity index (χ3n) is 3.17. The Bertz CT molecular complexity index is 649. The number of rotatable bonds is 7. The molecule has 0 spiro atoms. The van der Waals surface area contributed by atoms with Crippen LogP contribution >= 0.6 is 15.9 Å². The summed E-state index contributed by atoms with van der Waals surface area (Å²) in [5.41, 5.74) is 1.75. The van der Waals surface area contributed by atoms with E-state index in [4.69, 9.17) is 9.47 Å². The topological polar surface area (TPSA) is 64.6 Å². The second-order valence-corrected chi connectivity index (χ2v) is 5.65. The first kappa shape index (κ1) is 18.0. The van der Waals surface area contributed by atoms with E-state index in [1.54, 1.807) is 0 Å². The fourth-order valence-electron chi connectivity index (χ4n) is 1.90. The first-order valence-corrected chi connectivity index (χ1v) is 8.55. The second-order valence-electron chi connectivity index (χ2n) is 5.01. The van der Waals surface area contributed by atoms with Crippen molar-refractivity contribution >= 4 is 28.0 Å². The van der Waals surface area contributed by atoms with Crippen LogP contribution < -0.4 is 5.32 Å². The van der Waals surface area contributed by atoms with Crippen molar-refractivity contribution in [2.24, 2.45) is 0 Å². The minimum atomic E-state index is -0.808. The van der Waals surface area contributed by atoms with E-state index in [-0.39, 0.29) is 18.5 Å². The third-order valence-corrected chi connectivity index (χ3v) is 3.82. The summed E-state index contributed by atoms with van der Waals surface area (Å²) in [5, 5.41) is 2.73. The Hall–Kier alpha value is -2.34. The van der Waals surface area contributed by atoms with Crippen molar-refractivity contribution in [3.63, 3.8) is 0 Å². The minimum absolute atomic E-state index is 0.140. The van der Waals surface area contributed by atoms with Crippen LogP contribution in [-0.4, -0.2) is 23.4 Å². The van der Waals surface area contributed by atoms with Gasteiger partial charge in [-0.1, -0.05) is 76.6 Å². The molecule has 2 rings (SSSR count). The number of ether oxygens (including phenoxy) is 2. The van der Waals surface area contributed by atoms with Crippen molar-refractivity contribution in [1.82, 2.24) is 5.32 Å². The Balaban J connectivity index is 1.77. The standard InChI is InChI=1S/C18H18BrNO4/c19-11-16(17(21)23-12-14-7-3-1-4-8-14)20-18(22)24-13-15-9-5-2-6-10-15/h1-10,16H,11-13H2,(H,20,22). The van der Waals surface area contributed by atoms with Gasteiger partial charge in [0, 0.05) is 5.33 Å². The van der Waals surface area contributed by atoms with Crippen LogP contribution in [0.5, 0.6) is 0 Å². The van der Waals surface area contributed by atoms with Crippen molar-refractivity contribution in [2.45, 2.75) is 19.3 Å². The largest absolute Gasteiger partial charge is 0.459 e. The Morgan fingerprint density at radius 2 is 1.38 bits per heavy atom. The van der Waals surface area contributed by atoms with E-state index in [2.05, 4.69) is 21.2 Å². The van der Waals surface area contributed by atoms with Crippen LogP contribution in [0.3, 0.4) is 0 Å². The molecule has 2 aromatic carbocycles. The van der Waals surface area contributed by atoms with Crippen LogP contribution in [0, 0.1) is 0 Å². The molecule has 0 heterocycles. The zero-order valence-electron chi connectivity index (χ0n) is 13.0. The molecule has 5 nitrogen and oxygen atoms in total. The van der Waals surface area contributed by atoms with Gasteiger partial charge in [-0.15, -0.1) is 0 Å². The summed E-state index contributed by atoms with van der Waals surface area (Å²) in [6.07, 6.45) is -0.667. The van der Waals surface area contributed by atoms with Gasteiger partial charge in [-0.3, -0.25) is 0 Å². The van der Waals surface area contributed by atoms with Gasteiger partial charge < -0.3 is 14.8 Å². The molecular weight excluding hydrogens is 374 g/mol. The van der Waals surface area contributed by atoms with E-state index < -0.39 is 18.1 Å². The van der Waals surface area contributed by atoms with Gasteiger partial charge in [0.25, 0.3) is 0 Å². The minimum Gasteiger partial charge on any atom is -0.459 e. The van der Waals surface area contributed by atoms with E-state index in [0.29, 0.717) is 0 Å². The van der Waals surface area contributed by atoms with Crippen molar-refractivity contribution in [1.29, 1.82) is 0 Å². The zero-order chi connectivity index (χ0) is 17.2. The number of alkyl carbamates (subject to hydrolysis) is 1. The summed E-state index contributed by atoms with van der Waals surface area (Å²) in [7, 11) is 0. The fraction of sp³-hybridized carbons (Fsp3) is 0.222. The number of hydrogen-bond donors (Lipinski definition) is 1. The maximum absolute atomic E-state index is 12.0. The SMILES string of the molecule is O=C(NC(CBr)C(=O)OCc1ccccc1)OCc1ccccc1. The van der Waals surface area contributed by atoms with E-state index in [0.717, 1.165) is 11.1 Å². The Morgan fingerprint density at radius 1 is 0.875 bits per heavy atom. The van der Waals surface area contributed by atoms with Crippen molar-refractivity contribution in [2.75, 3.05) is 5.33 Å². The van der Waals surface area contributed by atoms with Gasteiger partial charge in [0.05, 0.1) is 0 Å². The van der Waals surface area contributed by atoms with Crippen LogP contribution in [0.4, 0.5) is 4.79 Å². The lowest BCUT2D eigenvalue weighted by Gasteiger charge is -2.15. The van der Waals surface area contributed by atoms with Crippen LogP contribution in [0.15, 0.2) is 60.7 Å². The van der Waals surface area contributed by atoms with Crippen LogP contribution in [0.2, 0.25) is 0 Å². The van der Waals surface area contributed by atoms with Crippen molar-refractivity contribution in [3.05, 3.63) is 71.8 Å². The van der Waals surface area contributed by atoms with Gasteiger partial charge in [-0.2, -0.15) is 0 Å². The highest BCUT2D eigenvalue weighted by Gasteiger charge is 2.21. The number of halogens is 1. The highest BCUT2D eigenvalue weighted by atomic mass is 79.9. The zero-order valence-corrected chi connectivity index (χ0v) is 14.6. The Morgan fingerprint density at radius 3 is 1.88 bits per heavy atom. The molecule has 0 bridgehead atoms. The molecule has 0 saturated heterocycles.